The number of anilines is 1. The number of aryl methyl sites for hydroxylation is 1. The van der Waals surface area contributed by atoms with E-state index < -0.39 is 5.97 Å². The zero-order valence-corrected chi connectivity index (χ0v) is 10.9. The largest absolute Gasteiger partial charge is 0.478 e. The van der Waals surface area contributed by atoms with Gasteiger partial charge in [-0.1, -0.05) is 30.3 Å². The zero-order chi connectivity index (χ0) is 14.5. The molecule has 20 heavy (non-hydrogen) atoms. The number of carboxylic acids is 1. The Morgan fingerprint density at radius 3 is 2.60 bits per heavy atom. The number of aromatic carboxylic acids is 1. The van der Waals surface area contributed by atoms with Crippen molar-refractivity contribution >= 4 is 11.9 Å². The first-order chi connectivity index (χ1) is 9.61. The van der Waals surface area contributed by atoms with Crippen molar-refractivity contribution in [3.05, 3.63) is 53.3 Å². The minimum Gasteiger partial charge on any atom is -0.478 e. The van der Waals surface area contributed by atoms with Gasteiger partial charge in [0.1, 0.15) is 0 Å². The normalized spacial score (nSPS) is 11.9. The molecule has 0 spiro atoms. The average Bonchev–Trinajstić information content (AvgIpc) is 2.45. The number of benzene rings is 1. The Balaban J connectivity index is 2.20. The standard InChI is InChI=1S/C14H15N3O3/c1-9-11(13(19)20)7-15-14(16-9)17-12(8-18)10-5-3-2-4-6-10/h2-7,12,18H,8H2,1H3,(H,19,20)(H,15,16,17). The lowest BCUT2D eigenvalue weighted by molar-refractivity contribution is 0.0695. The minimum absolute atomic E-state index is 0.0656. The van der Waals surface area contributed by atoms with E-state index in [4.69, 9.17) is 5.11 Å². The Morgan fingerprint density at radius 2 is 2.05 bits per heavy atom. The van der Waals surface area contributed by atoms with Gasteiger partial charge in [-0.3, -0.25) is 0 Å². The van der Waals surface area contributed by atoms with Gasteiger partial charge in [0.2, 0.25) is 5.95 Å². The molecule has 0 saturated carbocycles. The van der Waals surface area contributed by atoms with Gasteiger partial charge in [-0.25, -0.2) is 14.8 Å². The molecule has 0 fully saturated rings. The van der Waals surface area contributed by atoms with Crippen molar-refractivity contribution in [3.63, 3.8) is 0 Å². The average molecular weight is 273 g/mol. The number of rotatable bonds is 5. The van der Waals surface area contributed by atoms with Crippen LogP contribution in [0.4, 0.5) is 5.95 Å². The number of nitrogens with one attached hydrogen (secondary N) is 1. The minimum atomic E-state index is -1.06. The van der Waals surface area contributed by atoms with Gasteiger partial charge in [0.15, 0.2) is 0 Å². The molecule has 0 amide bonds. The molecule has 104 valence electrons. The lowest BCUT2D eigenvalue weighted by atomic mass is 10.1. The number of aliphatic hydroxyl groups is 1. The molecule has 3 N–H and O–H groups in total. The van der Waals surface area contributed by atoms with E-state index in [1.54, 1.807) is 6.92 Å². The molecule has 6 heteroatoms. The number of aliphatic hydroxyl groups excluding tert-OH is 1. The first kappa shape index (κ1) is 14.0. The summed E-state index contributed by atoms with van der Waals surface area (Å²) >= 11 is 0. The number of aromatic nitrogens is 2. The van der Waals surface area contributed by atoms with Crippen LogP contribution in [0.3, 0.4) is 0 Å². The van der Waals surface area contributed by atoms with Crippen molar-refractivity contribution in [2.45, 2.75) is 13.0 Å². The van der Waals surface area contributed by atoms with Crippen molar-refractivity contribution in [2.24, 2.45) is 0 Å². The third kappa shape index (κ3) is 3.10. The Bertz CT molecular complexity index is 602. The molecule has 2 aromatic rings. The maximum absolute atomic E-state index is 10.9. The summed E-state index contributed by atoms with van der Waals surface area (Å²) in [6.07, 6.45) is 1.26. The first-order valence-corrected chi connectivity index (χ1v) is 6.11. The van der Waals surface area contributed by atoms with Gasteiger partial charge in [0.05, 0.1) is 23.9 Å². The predicted octanol–water partition coefficient (Wildman–Crippen LogP) is 1.63. The molecule has 1 aromatic heterocycles. The SMILES string of the molecule is Cc1nc(NC(CO)c2ccccc2)ncc1C(=O)O. The van der Waals surface area contributed by atoms with Gasteiger partial charge >= 0.3 is 5.97 Å². The quantitative estimate of drug-likeness (QED) is 0.766. The predicted molar refractivity (Wildman–Crippen MR) is 73.6 cm³/mol. The number of carbonyl (C=O) groups is 1. The zero-order valence-electron chi connectivity index (χ0n) is 10.9. The van der Waals surface area contributed by atoms with Gasteiger partial charge in [0, 0.05) is 6.20 Å². The highest BCUT2D eigenvalue weighted by Gasteiger charge is 2.14. The number of carboxylic acid groups (broad SMARTS) is 1. The van der Waals surface area contributed by atoms with E-state index in [0.717, 1.165) is 5.56 Å². The third-order valence-electron chi connectivity index (χ3n) is 2.90. The fourth-order valence-corrected chi connectivity index (χ4v) is 1.82. The van der Waals surface area contributed by atoms with E-state index in [-0.39, 0.29) is 24.2 Å². The topological polar surface area (TPSA) is 95.3 Å². The third-order valence-corrected chi connectivity index (χ3v) is 2.90. The molecule has 1 atom stereocenters. The van der Waals surface area contributed by atoms with Gasteiger partial charge in [-0.2, -0.15) is 0 Å². The second-order valence-corrected chi connectivity index (χ2v) is 4.29. The lowest BCUT2D eigenvalue weighted by Crippen LogP contribution is -2.17. The molecule has 1 aromatic carbocycles. The van der Waals surface area contributed by atoms with Gasteiger partial charge in [0.25, 0.3) is 0 Å². The summed E-state index contributed by atoms with van der Waals surface area (Å²) in [5, 5.41) is 21.3. The van der Waals surface area contributed by atoms with Crippen molar-refractivity contribution in [1.29, 1.82) is 0 Å². The number of nitrogens with zero attached hydrogens (tertiary/aromatic N) is 2. The van der Waals surface area contributed by atoms with E-state index in [2.05, 4.69) is 15.3 Å². The number of hydrogen-bond donors (Lipinski definition) is 3. The molecule has 0 aliphatic rings. The first-order valence-electron chi connectivity index (χ1n) is 6.11. The van der Waals surface area contributed by atoms with Crippen LogP contribution in [0.25, 0.3) is 0 Å². The molecule has 0 bridgehead atoms. The Labute approximate surface area is 116 Å². The highest BCUT2D eigenvalue weighted by Crippen LogP contribution is 2.17. The van der Waals surface area contributed by atoms with Crippen LogP contribution in [0, 0.1) is 6.92 Å². The summed E-state index contributed by atoms with van der Waals surface area (Å²) < 4.78 is 0. The van der Waals surface area contributed by atoms with Crippen LogP contribution >= 0.6 is 0 Å². The summed E-state index contributed by atoms with van der Waals surface area (Å²) in [4.78, 5) is 18.9. The van der Waals surface area contributed by atoms with Crippen LogP contribution in [0.15, 0.2) is 36.5 Å². The van der Waals surface area contributed by atoms with E-state index >= 15 is 0 Å². The smallest absolute Gasteiger partial charge is 0.339 e. The summed E-state index contributed by atoms with van der Waals surface area (Å²) in [6.45, 7) is 1.49. The molecule has 0 aliphatic heterocycles. The monoisotopic (exact) mass is 273 g/mol. The number of hydrogen-bond acceptors (Lipinski definition) is 5. The van der Waals surface area contributed by atoms with Crippen molar-refractivity contribution in [2.75, 3.05) is 11.9 Å². The van der Waals surface area contributed by atoms with E-state index in [1.807, 2.05) is 30.3 Å². The van der Waals surface area contributed by atoms with Crippen LogP contribution in [-0.4, -0.2) is 32.8 Å². The molecule has 2 rings (SSSR count). The molecule has 1 heterocycles. The maximum Gasteiger partial charge on any atom is 0.339 e. The van der Waals surface area contributed by atoms with Crippen molar-refractivity contribution in [1.82, 2.24) is 9.97 Å². The molecule has 0 radical (unpaired) electrons. The van der Waals surface area contributed by atoms with Crippen LogP contribution in [0.2, 0.25) is 0 Å². The summed E-state index contributed by atoms with van der Waals surface area (Å²) in [5.74, 6) is -0.772. The molecule has 0 aliphatic carbocycles. The highest BCUT2D eigenvalue weighted by molar-refractivity contribution is 5.88. The van der Waals surface area contributed by atoms with E-state index in [0.29, 0.717) is 5.69 Å². The second-order valence-electron chi connectivity index (χ2n) is 4.29. The Morgan fingerprint density at radius 1 is 1.35 bits per heavy atom. The summed E-state index contributed by atoms with van der Waals surface area (Å²) in [6, 6.07) is 9.06. The molecule has 0 saturated heterocycles. The Hall–Kier alpha value is -2.47. The lowest BCUT2D eigenvalue weighted by Gasteiger charge is -2.17. The van der Waals surface area contributed by atoms with Crippen LogP contribution in [0.1, 0.15) is 27.7 Å². The van der Waals surface area contributed by atoms with Crippen molar-refractivity contribution in [3.8, 4) is 0 Å². The molecular weight excluding hydrogens is 258 g/mol. The van der Waals surface area contributed by atoms with Gasteiger partial charge in [-0.15, -0.1) is 0 Å². The second kappa shape index (κ2) is 6.12. The van der Waals surface area contributed by atoms with Crippen molar-refractivity contribution < 1.29 is 15.0 Å². The fraction of sp³-hybridized carbons (Fsp3) is 0.214. The van der Waals surface area contributed by atoms with E-state index in [1.165, 1.54) is 6.20 Å². The molecular formula is C14H15N3O3. The highest BCUT2D eigenvalue weighted by atomic mass is 16.4. The molecule has 1 unspecified atom stereocenters. The van der Waals surface area contributed by atoms with Crippen LogP contribution in [-0.2, 0) is 0 Å². The maximum atomic E-state index is 10.9. The Kier molecular flexibility index (Phi) is 4.27. The van der Waals surface area contributed by atoms with Gasteiger partial charge < -0.3 is 15.5 Å². The van der Waals surface area contributed by atoms with Gasteiger partial charge in [-0.05, 0) is 12.5 Å². The van der Waals surface area contributed by atoms with E-state index in [9.17, 15) is 9.90 Å². The summed E-state index contributed by atoms with van der Waals surface area (Å²) in [5.41, 5.74) is 1.34. The van der Waals surface area contributed by atoms with Crippen LogP contribution in [0.5, 0.6) is 0 Å². The fourth-order valence-electron chi connectivity index (χ4n) is 1.82. The summed E-state index contributed by atoms with van der Waals surface area (Å²) in [7, 11) is 0. The molecule has 6 nitrogen and oxygen atoms in total. The van der Waals surface area contributed by atoms with Crippen LogP contribution < -0.4 is 5.32 Å².